The van der Waals surface area contributed by atoms with Crippen LogP contribution in [-0.2, 0) is 0 Å². The van der Waals surface area contributed by atoms with E-state index in [4.69, 9.17) is 0 Å². The van der Waals surface area contributed by atoms with E-state index in [2.05, 4.69) is 10.1 Å². The second-order valence-electron chi connectivity index (χ2n) is 3.41. The summed E-state index contributed by atoms with van der Waals surface area (Å²) in [6.45, 7) is 2.64. The first-order chi connectivity index (χ1) is 7.94. The van der Waals surface area contributed by atoms with Gasteiger partial charge in [-0.15, -0.1) is 13.2 Å². The van der Waals surface area contributed by atoms with E-state index in [-0.39, 0.29) is 17.9 Å². The Hall–Kier alpha value is -1.27. The molecule has 1 rings (SSSR count). The summed E-state index contributed by atoms with van der Waals surface area (Å²) in [5.41, 5.74) is 0.116. The van der Waals surface area contributed by atoms with Gasteiger partial charge in [0.2, 0.25) is 0 Å². The average Bonchev–Trinajstić information content (AvgIpc) is 2.24. The fourth-order valence-corrected chi connectivity index (χ4v) is 1.36. The lowest BCUT2D eigenvalue weighted by atomic mass is 10.1. The monoisotopic (exact) mass is 249 g/mol. The van der Waals surface area contributed by atoms with Crippen LogP contribution in [0.15, 0.2) is 24.3 Å². The summed E-state index contributed by atoms with van der Waals surface area (Å²) in [6.07, 6.45) is -5.79. The van der Waals surface area contributed by atoms with Crippen LogP contribution in [0.5, 0.6) is 5.75 Å². The lowest BCUT2D eigenvalue weighted by Crippen LogP contribution is -2.23. The van der Waals surface area contributed by atoms with Crippen LogP contribution < -0.4 is 10.1 Å². The van der Waals surface area contributed by atoms with E-state index in [1.165, 1.54) is 18.2 Å². The summed E-state index contributed by atoms with van der Waals surface area (Å²) >= 11 is 0. The highest BCUT2D eigenvalue weighted by Gasteiger charge is 2.32. The lowest BCUT2D eigenvalue weighted by molar-refractivity contribution is -0.275. The van der Waals surface area contributed by atoms with Crippen molar-refractivity contribution in [2.24, 2.45) is 0 Å². The van der Waals surface area contributed by atoms with E-state index < -0.39 is 12.5 Å². The van der Waals surface area contributed by atoms with Crippen molar-refractivity contribution >= 4 is 0 Å². The Kier molecular flexibility index (Phi) is 4.77. The number of benzene rings is 1. The molecule has 2 N–H and O–H groups in total. The van der Waals surface area contributed by atoms with Crippen LogP contribution in [0, 0.1) is 0 Å². The van der Waals surface area contributed by atoms with Crippen LogP contribution in [0.3, 0.4) is 0 Å². The Morgan fingerprint density at radius 1 is 1.35 bits per heavy atom. The molecule has 1 aromatic rings. The standard InChI is InChI=1S/C11H14F3NO2/c1-2-15-7-9(16)8-5-3-4-6-10(8)17-11(12,13)14/h3-6,9,15-16H,2,7H2,1H3. The number of alkyl halides is 3. The van der Waals surface area contributed by atoms with E-state index in [9.17, 15) is 18.3 Å². The summed E-state index contributed by atoms with van der Waals surface area (Å²) in [5, 5.41) is 12.6. The minimum atomic E-state index is -4.76. The van der Waals surface area contributed by atoms with Crippen molar-refractivity contribution in [3.8, 4) is 5.75 Å². The maximum atomic E-state index is 12.1. The second kappa shape index (κ2) is 5.88. The first-order valence-electron chi connectivity index (χ1n) is 5.17. The minimum absolute atomic E-state index is 0.116. The van der Waals surface area contributed by atoms with Gasteiger partial charge in [0.25, 0.3) is 0 Å². The van der Waals surface area contributed by atoms with Gasteiger partial charge in [0.15, 0.2) is 0 Å². The fraction of sp³-hybridized carbons (Fsp3) is 0.455. The first-order valence-corrected chi connectivity index (χ1v) is 5.17. The summed E-state index contributed by atoms with van der Waals surface area (Å²) in [5.74, 6) is -0.370. The van der Waals surface area contributed by atoms with Crippen LogP contribution in [-0.4, -0.2) is 24.6 Å². The highest BCUT2D eigenvalue weighted by atomic mass is 19.4. The normalized spacial score (nSPS) is 13.5. The molecular formula is C11H14F3NO2. The van der Waals surface area contributed by atoms with Crippen molar-refractivity contribution in [3.63, 3.8) is 0 Å². The average molecular weight is 249 g/mol. The van der Waals surface area contributed by atoms with Crippen molar-refractivity contribution < 1.29 is 23.0 Å². The molecule has 0 radical (unpaired) electrons. The van der Waals surface area contributed by atoms with Gasteiger partial charge in [0.1, 0.15) is 5.75 Å². The Morgan fingerprint density at radius 3 is 2.59 bits per heavy atom. The fourth-order valence-electron chi connectivity index (χ4n) is 1.36. The van der Waals surface area contributed by atoms with Crippen LogP contribution in [0.2, 0.25) is 0 Å². The predicted molar refractivity (Wildman–Crippen MR) is 56.6 cm³/mol. The number of hydrogen-bond acceptors (Lipinski definition) is 3. The van der Waals surface area contributed by atoms with Crippen LogP contribution in [0.25, 0.3) is 0 Å². The molecule has 0 aliphatic carbocycles. The molecule has 0 fully saturated rings. The molecule has 0 aliphatic rings. The van der Waals surface area contributed by atoms with Gasteiger partial charge >= 0.3 is 6.36 Å². The summed E-state index contributed by atoms with van der Waals surface area (Å²) in [7, 11) is 0. The number of hydrogen-bond donors (Lipinski definition) is 2. The molecule has 6 heteroatoms. The van der Waals surface area contributed by atoms with Gasteiger partial charge in [-0.05, 0) is 12.6 Å². The molecule has 0 saturated carbocycles. The molecule has 0 heterocycles. The number of likely N-dealkylation sites (N-methyl/N-ethyl adjacent to an activating group) is 1. The van der Waals surface area contributed by atoms with Gasteiger partial charge in [-0.25, -0.2) is 0 Å². The maximum Gasteiger partial charge on any atom is 0.573 e. The minimum Gasteiger partial charge on any atom is -0.405 e. The molecule has 0 spiro atoms. The topological polar surface area (TPSA) is 41.5 Å². The van der Waals surface area contributed by atoms with Gasteiger partial charge in [0, 0.05) is 12.1 Å². The number of aliphatic hydroxyl groups excluding tert-OH is 1. The molecule has 0 saturated heterocycles. The number of halogens is 3. The summed E-state index contributed by atoms with van der Waals surface area (Å²) in [4.78, 5) is 0. The maximum absolute atomic E-state index is 12.1. The van der Waals surface area contributed by atoms with Crippen LogP contribution >= 0.6 is 0 Å². The molecule has 0 aromatic heterocycles. The Balaban J connectivity index is 2.83. The quantitative estimate of drug-likeness (QED) is 0.840. The molecule has 17 heavy (non-hydrogen) atoms. The number of para-hydroxylation sites is 1. The molecule has 1 unspecified atom stereocenters. The SMILES string of the molecule is CCNCC(O)c1ccccc1OC(F)(F)F. The molecule has 0 aliphatic heterocycles. The third-order valence-corrected chi connectivity index (χ3v) is 2.09. The van der Waals surface area contributed by atoms with Crippen molar-refractivity contribution in [1.82, 2.24) is 5.32 Å². The Bertz CT molecular complexity index is 355. The molecule has 0 amide bonds. The van der Waals surface area contributed by atoms with Crippen molar-refractivity contribution in [2.45, 2.75) is 19.4 Å². The number of aliphatic hydroxyl groups is 1. The summed E-state index contributed by atoms with van der Waals surface area (Å²) in [6, 6.07) is 5.55. The molecule has 3 nitrogen and oxygen atoms in total. The van der Waals surface area contributed by atoms with Gasteiger partial charge in [0.05, 0.1) is 6.10 Å². The smallest absolute Gasteiger partial charge is 0.405 e. The summed E-state index contributed by atoms with van der Waals surface area (Å²) < 4.78 is 40.2. The van der Waals surface area contributed by atoms with E-state index in [1.54, 1.807) is 6.07 Å². The molecule has 0 bridgehead atoms. The van der Waals surface area contributed by atoms with Crippen molar-refractivity contribution in [2.75, 3.05) is 13.1 Å². The van der Waals surface area contributed by atoms with Crippen LogP contribution in [0.4, 0.5) is 13.2 Å². The van der Waals surface area contributed by atoms with Crippen molar-refractivity contribution in [1.29, 1.82) is 0 Å². The second-order valence-corrected chi connectivity index (χ2v) is 3.41. The molecule has 1 aromatic carbocycles. The molecule has 1 atom stereocenters. The zero-order valence-corrected chi connectivity index (χ0v) is 9.29. The highest BCUT2D eigenvalue weighted by Crippen LogP contribution is 2.29. The third-order valence-electron chi connectivity index (χ3n) is 2.09. The zero-order valence-electron chi connectivity index (χ0n) is 9.29. The van der Waals surface area contributed by atoms with E-state index in [0.29, 0.717) is 6.54 Å². The molecule has 96 valence electrons. The van der Waals surface area contributed by atoms with Crippen molar-refractivity contribution in [3.05, 3.63) is 29.8 Å². The predicted octanol–water partition coefficient (Wildman–Crippen LogP) is 2.23. The van der Waals surface area contributed by atoms with Gasteiger partial charge in [-0.3, -0.25) is 0 Å². The van der Waals surface area contributed by atoms with Gasteiger partial charge in [-0.1, -0.05) is 25.1 Å². The first kappa shape index (κ1) is 13.8. The Labute approximate surface area is 97.2 Å². The highest BCUT2D eigenvalue weighted by molar-refractivity contribution is 5.35. The van der Waals surface area contributed by atoms with E-state index in [1.807, 2.05) is 6.92 Å². The number of nitrogens with one attached hydrogen (secondary N) is 1. The van der Waals surface area contributed by atoms with E-state index >= 15 is 0 Å². The Morgan fingerprint density at radius 2 is 2.00 bits per heavy atom. The molecular weight excluding hydrogens is 235 g/mol. The third kappa shape index (κ3) is 4.62. The van der Waals surface area contributed by atoms with Crippen LogP contribution in [0.1, 0.15) is 18.6 Å². The number of rotatable bonds is 5. The zero-order chi connectivity index (χ0) is 12.9. The lowest BCUT2D eigenvalue weighted by Gasteiger charge is -2.17. The van der Waals surface area contributed by atoms with Gasteiger partial charge < -0.3 is 15.2 Å². The van der Waals surface area contributed by atoms with E-state index in [0.717, 1.165) is 0 Å². The number of ether oxygens (including phenoxy) is 1. The van der Waals surface area contributed by atoms with Gasteiger partial charge in [-0.2, -0.15) is 0 Å². The largest absolute Gasteiger partial charge is 0.573 e.